The fourth-order valence-corrected chi connectivity index (χ4v) is 2.25. The minimum atomic E-state index is 0.118. The molecule has 0 spiro atoms. The molecule has 94 valence electrons. The zero-order valence-electron chi connectivity index (χ0n) is 10.2. The lowest BCUT2D eigenvalue weighted by Gasteiger charge is -2.24. The molecule has 0 radical (unpaired) electrons. The fraction of sp³-hybridized carbons (Fsp3) is 0.917. The second-order valence-corrected chi connectivity index (χ2v) is 4.95. The average Bonchev–Trinajstić information content (AvgIpc) is 2.71. The number of carbonyl (C=O) groups is 1. The van der Waals surface area contributed by atoms with E-state index in [2.05, 4.69) is 0 Å². The maximum atomic E-state index is 11.9. The van der Waals surface area contributed by atoms with Gasteiger partial charge in [0.1, 0.15) is 6.61 Å². The first-order valence-electron chi connectivity index (χ1n) is 6.12. The molecular formula is C12H22ClNO2. The summed E-state index contributed by atoms with van der Waals surface area (Å²) in [5.41, 5.74) is 0. The van der Waals surface area contributed by atoms with E-state index in [1.807, 2.05) is 18.7 Å². The molecule has 1 heterocycles. The van der Waals surface area contributed by atoms with Gasteiger partial charge in [0.25, 0.3) is 0 Å². The number of likely N-dealkylation sites (tertiary alicyclic amines) is 1. The lowest BCUT2D eigenvalue weighted by Crippen LogP contribution is -2.38. The number of hydrogen-bond acceptors (Lipinski definition) is 2. The Labute approximate surface area is 103 Å². The van der Waals surface area contributed by atoms with E-state index in [0.717, 1.165) is 32.2 Å². The highest BCUT2D eigenvalue weighted by atomic mass is 35.5. The van der Waals surface area contributed by atoms with Gasteiger partial charge in [-0.3, -0.25) is 4.79 Å². The van der Waals surface area contributed by atoms with Crippen molar-refractivity contribution in [3.63, 3.8) is 0 Å². The molecule has 0 aromatic carbocycles. The van der Waals surface area contributed by atoms with Crippen molar-refractivity contribution in [3.8, 4) is 0 Å². The summed E-state index contributed by atoms with van der Waals surface area (Å²) in [6, 6.07) is 0.391. The lowest BCUT2D eigenvalue weighted by atomic mass is 10.1. The standard InChI is InChI=1S/C12H22ClNO2/c1-10(2)16-9-12(15)14-8-4-6-11(14)5-3-7-13/h10-11H,3-9H2,1-2H3. The van der Waals surface area contributed by atoms with Crippen molar-refractivity contribution in [3.05, 3.63) is 0 Å². The number of halogens is 1. The molecule has 0 N–H and O–H groups in total. The maximum absolute atomic E-state index is 11.9. The zero-order valence-corrected chi connectivity index (χ0v) is 11.0. The highest BCUT2D eigenvalue weighted by molar-refractivity contribution is 6.17. The largest absolute Gasteiger partial charge is 0.369 e. The van der Waals surface area contributed by atoms with Crippen LogP contribution in [0.4, 0.5) is 0 Å². The highest BCUT2D eigenvalue weighted by Gasteiger charge is 2.27. The van der Waals surface area contributed by atoms with E-state index in [1.165, 1.54) is 0 Å². The van der Waals surface area contributed by atoms with Gasteiger partial charge in [0, 0.05) is 18.5 Å². The number of hydrogen-bond donors (Lipinski definition) is 0. The van der Waals surface area contributed by atoms with Crippen molar-refractivity contribution < 1.29 is 9.53 Å². The minimum Gasteiger partial charge on any atom is -0.369 e. The molecular weight excluding hydrogens is 226 g/mol. The van der Waals surface area contributed by atoms with Crippen LogP contribution in [0.15, 0.2) is 0 Å². The second-order valence-electron chi connectivity index (χ2n) is 4.57. The average molecular weight is 248 g/mol. The smallest absolute Gasteiger partial charge is 0.248 e. The molecule has 1 atom stereocenters. The van der Waals surface area contributed by atoms with Gasteiger partial charge in [0.2, 0.25) is 5.91 Å². The first kappa shape index (κ1) is 13.8. The van der Waals surface area contributed by atoms with Crippen molar-refractivity contribution in [2.45, 2.75) is 51.7 Å². The Balaban J connectivity index is 2.35. The molecule has 1 aliphatic rings. The Bertz CT molecular complexity index is 221. The monoisotopic (exact) mass is 247 g/mol. The first-order valence-corrected chi connectivity index (χ1v) is 6.65. The van der Waals surface area contributed by atoms with Gasteiger partial charge in [-0.15, -0.1) is 11.6 Å². The van der Waals surface area contributed by atoms with E-state index in [0.29, 0.717) is 11.9 Å². The van der Waals surface area contributed by atoms with Crippen LogP contribution in [0.1, 0.15) is 39.5 Å². The summed E-state index contributed by atoms with van der Waals surface area (Å²) in [4.78, 5) is 13.9. The van der Waals surface area contributed by atoms with Crippen LogP contribution in [0.25, 0.3) is 0 Å². The Morgan fingerprint density at radius 3 is 2.94 bits per heavy atom. The summed E-state index contributed by atoms with van der Waals surface area (Å²) < 4.78 is 5.35. The molecule has 4 heteroatoms. The Hall–Kier alpha value is -0.280. The molecule has 0 saturated carbocycles. The molecule has 3 nitrogen and oxygen atoms in total. The number of ether oxygens (including phenoxy) is 1. The van der Waals surface area contributed by atoms with Gasteiger partial charge in [0.05, 0.1) is 6.10 Å². The quantitative estimate of drug-likeness (QED) is 0.675. The fourth-order valence-electron chi connectivity index (χ4n) is 2.10. The van der Waals surface area contributed by atoms with Crippen LogP contribution in [0.2, 0.25) is 0 Å². The number of nitrogens with zero attached hydrogens (tertiary/aromatic N) is 1. The molecule has 1 saturated heterocycles. The van der Waals surface area contributed by atoms with E-state index >= 15 is 0 Å². The van der Waals surface area contributed by atoms with Crippen LogP contribution in [0.3, 0.4) is 0 Å². The van der Waals surface area contributed by atoms with Crippen LogP contribution in [0, 0.1) is 0 Å². The van der Waals surface area contributed by atoms with Gasteiger partial charge in [-0.25, -0.2) is 0 Å². The molecule has 1 fully saturated rings. The van der Waals surface area contributed by atoms with Crippen molar-refractivity contribution in [1.29, 1.82) is 0 Å². The third kappa shape index (κ3) is 4.30. The predicted molar refractivity (Wildman–Crippen MR) is 65.8 cm³/mol. The van der Waals surface area contributed by atoms with E-state index in [4.69, 9.17) is 16.3 Å². The molecule has 0 aromatic rings. The van der Waals surface area contributed by atoms with Crippen molar-refractivity contribution in [1.82, 2.24) is 4.90 Å². The highest BCUT2D eigenvalue weighted by Crippen LogP contribution is 2.21. The lowest BCUT2D eigenvalue weighted by molar-refractivity contribution is -0.138. The van der Waals surface area contributed by atoms with Gasteiger partial charge >= 0.3 is 0 Å². The number of alkyl halides is 1. The molecule has 0 aliphatic carbocycles. The van der Waals surface area contributed by atoms with Gasteiger partial charge in [-0.05, 0) is 39.5 Å². The van der Waals surface area contributed by atoms with Crippen molar-refractivity contribution >= 4 is 17.5 Å². The van der Waals surface area contributed by atoms with Gasteiger partial charge in [0.15, 0.2) is 0 Å². The molecule has 0 aromatic heterocycles. The molecule has 1 unspecified atom stereocenters. The molecule has 1 rings (SSSR count). The van der Waals surface area contributed by atoms with E-state index in [-0.39, 0.29) is 18.6 Å². The summed E-state index contributed by atoms with van der Waals surface area (Å²) in [6.07, 6.45) is 4.36. The van der Waals surface area contributed by atoms with Gasteiger partial charge in [-0.1, -0.05) is 0 Å². The third-order valence-electron chi connectivity index (χ3n) is 2.91. The van der Waals surface area contributed by atoms with Crippen LogP contribution in [0.5, 0.6) is 0 Å². The van der Waals surface area contributed by atoms with Crippen molar-refractivity contribution in [2.75, 3.05) is 19.0 Å². The van der Waals surface area contributed by atoms with Crippen molar-refractivity contribution in [2.24, 2.45) is 0 Å². The van der Waals surface area contributed by atoms with Gasteiger partial charge < -0.3 is 9.64 Å². The number of rotatable bonds is 6. The first-order chi connectivity index (χ1) is 7.65. The minimum absolute atomic E-state index is 0.118. The summed E-state index contributed by atoms with van der Waals surface area (Å²) in [6.45, 7) is 4.99. The number of carbonyl (C=O) groups excluding carboxylic acids is 1. The maximum Gasteiger partial charge on any atom is 0.248 e. The van der Waals surface area contributed by atoms with E-state index in [1.54, 1.807) is 0 Å². The topological polar surface area (TPSA) is 29.5 Å². The normalized spacial score (nSPS) is 20.8. The van der Waals surface area contributed by atoms with Crippen LogP contribution in [-0.2, 0) is 9.53 Å². The number of amides is 1. The predicted octanol–water partition coefficient (Wildman–Crippen LogP) is 2.42. The molecule has 16 heavy (non-hydrogen) atoms. The molecule has 0 bridgehead atoms. The summed E-state index contributed by atoms with van der Waals surface area (Å²) in [5, 5.41) is 0. The van der Waals surface area contributed by atoms with Crippen LogP contribution in [-0.4, -0.2) is 42.0 Å². The second kappa shape index (κ2) is 7.13. The molecule has 1 aliphatic heterocycles. The SMILES string of the molecule is CC(C)OCC(=O)N1CCCC1CCCCl. The summed E-state index contributed by atoms with van der Waals surface area (Å²) in [5.74, 6) is 0.812. The van der Waals surface area contributed by atoms with E-state index in [9.17, 15) is 4.79 Å². The Kier molecular flexibility index (Phi) is 6.14. The van der Waals surface area contributed by atoms with Crippen LogP contribution >= 0.6 is 11.6 Å². The summed E-state index contributed by atoms with van der Waals surface area (Å²) in [7, 11) is 0. The van der Waals surface area contributed by atoms with E-state index < -0.39 is 0 Å². The Morgan fingerprint density at radius 2 is 2.31 bits per heavy atom. The Morgan fingerprint density at radius 1 is 1.56 bits per heavy atom. The zero-order chi connectivity index (χ0) is 12.0. The summed E-state index contributed by atoms with van der Waals surface area (Å²) >= 11 is 5.68. The van der Waals surface area contributed by atoms with Crippen LogP contribution < -0.4 is 0 Å². The third-order valence-corrected chi connectivity index (χ3v) is 3.18. The molecule has 1 amide bonds. The van der Waals surface area contributed by atoms with Gasteiger partial charge in [-0.2, -0.15) is 0 Å².